The maximum atomic E-state index is 14.2. The fraction of sp³-hybridized carbons (Fsp3) is 0.520. The Kier molecular flexibility index (Phi) is 7.79. The normalized spacial score (nSPS) is 31.2. The number of benzene rings is 2. The molecular weight excluding hydrogens is 467 g/mol. The zero-order valence-electron chi connectivity index (χ0n) is 19.0. The van der Waals surface area contributed by atoms with E-state index < -0.39 is 30.4 Å². The lowest BCUT2D eigenvalue weighted by Gasteiger charge is -2.41. The van der Waals surface area contributed by atoms with Crippen LogP contribution in [0.2, 0.25) is 5.02 Å². The summed E-state index contributed by atoms with van der Waals surface area (Å²) < 4.78 is 30.7. The first-order valence-electron chi connectivity index (χ1n) is 11.3. The summed E-state index contributed by atoms with van der Waals surface area (Å²) in [7, 11) is 1.40. The van der Waals surface area contributed by atoms with Crippen molar-refractivity contribution in [2.24, 2.45) is 11.8 Å². The highest BCUT2D eigenvalue weighted by Crippen LogP contribution is 2.46. The number of aryl methyl sites for hydroxylation is 1. The molecule has 1 aliphatic carbocycles. The van der Waals surface area contributed by atoms with Crippen LogP contribution in [0.5, 0.6) is 5.75 Å². The van der Waals surface area contributed by atoms with Gasteiger partial charge in [-0.15, -0.1) is 0 Å². The minimum Gasteiger partial charge on any atom is -0.494 e. The minimum absolute atomic E-state index is 0.0745. The van der Waals surface area contributed by atoms with Crippen molar-refractivity contribution in [1.29, 1.82) is 0 Å². The molecule has 186 valence electrons. The number of aliphatic hydroxyl groups is 4. The molecule has 0 amide bonds. The lowest BCUT2D eigenvalue weighted by atomic mass is 9.66. The Morgan fingerprint density at radius 2 is 1.91 bits per heavy atom. The smallest absolute Gasteiger partial charge is 0.186 e. The number of ether oxygens (including phenoxy) is 3. The van der Waals surface area contributed by atoms with E-state index >= 15 is 0 Å². The van der Waals surface area contributed by atoms with Crippen molar-refractivity contribution < 1.29 is 39.0 Å². The number of halogens is 2. The van der Waals surface area contributed by atoms with E-state index in [0.717, 1.165) is 22.3 Å². The van der Waals surface area contributed by atoms with Gasteiger partial charge in [0.05, 0.1) is 20.3 Å². The van der Waals surface area contributed by atoms with Gasteiger partial charge in [-0.05, 0) is 65.6 Å². The average Bonchev–Trinajstić information content (AvgIpc) is 2.83. The summed E-state index contributed by atoms with van der Waals surface area (Å²) in [6.07, 6.45) is -4.56. The highest BCUT2D eigenvalue weighted by molar-refractivity contribution is 6.31. The van der Waals surface area contributed by atoms with Gasteiger partial charge in [-0.25, -0.2) is 4.39 Å². The van der Waals surface area contributed by atoms with Crippen molar-refractivity contribution in [1.82, 2.24) is 0 Å². The zero-order chi connectivity index (χ0) is 24.6. The SMILES string of the molecule is COc1cc(C2c3cc(Cl)c(C)cc3C[C@H](CO)C2CO[C@@H]2OC[C@@H](O)[C@H](O)[C@H]2O)ccc1F. The maximum Gasteiger partial charge on any atom is 0.186 e. The van der Waals surface area contributed by atoms with Crippen molar-refractivity contribution in [2.75, 3.05) is 26.9 Å². The first-order chi connectivity index (χ1) is 16.2. The molecule has 1 saturated heterocycles. The molecule has 7 atom stereocenters. The lowest BCUT2D eigenvalue weighted by Crippen LogP contribution is -2.54. The molecule has 2 aliphatic rings. The Hall–Kier alpha value is -1.78. The van der Waals surface area contributed by atoms with Crippen LogP contribution in [0.3, 0.4) is 0 Å². The highest BCUT2D eigenvalue weighted by Gasteiger charge is 2.42. The summed E-state index contributed by atoms with van der Waals surface area (Å²) in [6, 6.07) is 8.57. The Balaban J connectivity index is 1.72. The second kappa shape index (κ2) is 10.5. The van der Waals surface area contributed by atoms with E-state index in [2.05, 4.69) is 0 Å². The Labute approximate surface area is 202 Å². The molecule has 4 rings (SSSR count). The van der Waals surface area contributed by atoms with Crippen molar-refractivity contribution in [2.45, 2.75) is 43.9 Å². The molecular formula is C25H30ClFO7. The number of rotatable bonds is 6. The first-order valence-corrected chi connectivity index (χ1v) is 11.6. The Bertz CT molecular complexity index is 1020. The van der Waals surface area contributed by atoms with Crippen LogP contribution >= 0.6 is 11.6 Å². The standard InChI is InChI=1S/C25H30ClFO7/c1-12-5-14-6-15(9-28)17(10-33-25-24(31)23(30)20(29)11-34-25)22(16(14)8-18(12)26)13-3-4-19(27)21(7-13)32-2/h3-5,7-8,15,17,20,22-25,28-31H,6,9-11H2,1-2H3/t15-,17?,20-,22?,23+,24-,25-/m1/s1. The summed E-state index contributed by atoms with van der Waals surface area (Å²) >= 11 is 6.48. The van der Waals surface area contributed by atoms with Gasteiger partial charge in [0, 0.05) is 17.5 Å². The zero-order valence-corrected chi connectivity index (χ0v) is 19.8. The molecule has 2 unspecified atom stereocenters. The Morgan fingerprint density at radius 1 is 1.15 bits per heavy atom. The van der Waals surface area contributed by atoms with Gasteiger partial charge in [0.25, 0.3) is 0 Å². The molecule has 0 spiro atoms. The fourth-order valence-corrected chi connectivity index (χ4v) is 5.19. The van der Waals surface area contributed by atoms with Crippen LogP contribution < -0.4 is 4.74 Å². The van der Waals surface area contributed by atoms with E-state index in [1.807, 2.05) is 19.1 Å². The second-order valence-corrected chi connectivity index (χ2v) is 9.47. The van der Waals surface area contributed by atoms with Crippen molar-refractivity contribution in [3.63, 3.8) is 0 Å². The molecule has 7 nitrogen and oxygen atoms in total. The maximum absolute atomic E-state index is 14.2. The van der Waals surface area contributed by atoms with Crippen LogP contribution in [0.4, 0.5) is 4.39 Å². The van der Waals surface area contributed by atoms with Crippen LogP contribution in [0.25, 0.3) is 0 Å². The van der Waals surface area contributed by atoms with Gasteiger partial charge < -0.3 is 34.6 Å². The van der Waals surface area contributed by atoms with Crippen LogP contribution in [0, 0.1) is 24.6 Å². The van der Waals surface area contributed by atoms with Gasteiger partial charge in [0.2, 0.25) is 0 Å². The van der Waals surface area contributed by atoms with Crippen LogP contribution in [0.15, 0.2) is 30.3 Å². The van der Waals surface area contributed by atoms with E-state index in [1.165, 1.54) is 13.2 Å². The van der Waals surface area contributed by atoms with Crippen LogP contribution in [-0.2, 0) is 15.9 Å². The third kappa shape index (κ3) is 4.81. The van der Waals surface area contributed by atoms with Crippen molar-refractivity contribution in [3.05, 3.63) is 63.4 Å². The predicted molar refractivity (Wildman–Crippen MR) is 122 cm³/mol. The van der Waals surface area contributed by atoms with Crippen LogP contribution in [0.1, 0.15) is 28.2 Å². The predicted octanol–water partition coefficient (Wildman–Crippen LogP) is 2.16. The van der Waals surface area contributed by atoms with E-state index in [1.54, 1.807) is 12.1 Å². The summed E-state index contributed by atoms with van der Waals surface area (Å²) in [5.74, 6) is -1.19. The molecule has 9 heteroatoms. The summed E-state index contributed by atoms with van der Waals surface area (Å²) in [6.45, 7) is 1.71. The van der Waals surface area contributed by atoms with Crippen molar-refractivity contribution >= 4 is 11.6 Å². The molecule has 1 heterocycles. The fourth-order valence-electron chi connectivity index (χ4n) is 5.02. The van der Waals surface area contributed by atoms with E-state index in [0.29, 0.717) is 11.4 Å². The summed E-state index contributed by atoms with van der Waals surface area (Å²) in [5.41, 5.74) is 3.68. The van der Waals surface area contributed by atoms with Gasteiger partial charge in [0.1, 0.15) is 18.3 Å². The largest absolute Gasteiger partial charge is 0.494 e. The van der Waals surface area contributed by atoms with Gasteiger partial charge in [-0.3, -0.25) is 0 Å². The second-order valence-electron chi connectivity index (χ2n) is 9.07. The average molecular weight is 497 g/mol. The number of aliphatic hydroxyl groups excluding tert-OH is 4. The van der Waals surface area contributed by atoms with E-state index in [9.17, 15) is 24.8 Å². The molecule has 0 radical (unpaired) electrons. The first kappa shape index (κ1) is 25.3. The number of hydrogen-bond donors (Lipinski definition) is 4. The molecule has 1 fully saturated rings. The number of methoxy groups -OCH3 is 1. The molecule has 2 aromatic rings. The third-order valence-corrected chi connectivity index (χ3v) is 7.35. The monoisotopic (exact) mass is 496 g/mol. The molecule has 0 saturated carbocycles. The van der Waals surface area contributed by atoms with Gasteiger partial charge in [-0.1, -0.05) is 23.7 Å². The molecule has 0 bridgehead atoms. The van der Waals surface area contributed by atoms with Crippen LogP contribution in [-0.4, -0.2) is 72.0 Å². The van der Waals surface area contributed by atoms with Gasteiger partial charge in [0.15, 0.2) is 17.9 Å². The summed E-state index contributed by atoms with van der Waals surface area (Å²) in [5, 5.41) is 40.8. The number of hydrogen-bond acceptors (Lipinski definition) is 7. The van der Waals surface area contributed by atoms with E-state index in [4.69, 9.17) is 25.8 Å². The van der Waals surface area contributed by atoms with E-state index in [-0.39, 0.29) is 43.3 Å². The molecule has 1 aliphatic heterocycles. The van der Waals surface area contributed by atoms with Crippen molar-refractivity contribution in [3.8, 4) is 5.75 Å². The molecule has 4 N–H and O–H groups in total. The number of fused-ring (bicyclic) bond motifs is 1. The topological polar surface area (TPSA) is 109 Å². The molecule has 34 heavy (non-hydrogen) atoms. The summed E-state index contributed by atoms with van der Waals surface area (Å²) in [4.78, 5) is 0. The third-order valence-electron chi connectivity index (χ3n) is 6.95. The van der Waals surface area contributed by atoms with Gasteiger partial charge >= 0.3 is 0 Å². The molecule has 2 aromatic carbocycles. The van der Waals surface area contributed by atoms with Gasteiger partial charge in [-0.2, -0.15) is 0 Å². The molecule has 0 aromatic heterocycles. The Morgan fingerprint density at radius 3 is 2.62 bits per heavy atom. The lowest BCUT2D eigenvalue weighted by molar-refractivity contribution is -0.274. The minimum atomic E-state index is -1.42. The highest BCUT2D eigenvalue weighted by atomic mass is 35.5. The quantitative estimate of drug-likeness (QED) is 0.485.